The van der Waals surface area contributed by atoms with Gasteiger partial charge < -0.3 is 14.2 Å². The van der Waals surface area contributed by atoms with Crippen LogP contribution in [0, 0.1) is 0 Å². The predicted octanol–water partition coefficient (Wildman–Crippen LogP) is 2.03. The summed E-state index contributed by atoms with van der Waals surface area (Å²) in [5.74, 6) is 1.35. The van der Waals surface area contributed by atoms with E-state index in [2.05, 4.69) is 24.8 Å². The van der Waals surface area contributed by atoms with Gasteiger partial charge in [-0.2, -0.15) is 4.98 Å². The van der Waals surface area contributed by atoms with Crippen molar-refractivity contribution in [1.29, 1.82) is 0 Å². The van der Waals surface area contributed by atoms with Gasteiger partial charge in [-0.15, -0.1) is 0 Å². The van der Waals surface area contributed by atoms with Crippen molar-refractivity contribution in [3.63, 3.8) is 0 Å². The van der Waals surface area contributed by atoms with Crippen LogP contribution in [0.2, 0.25) is 0 Å². The lowest BCUT2D eigenvalue weighted by Crippen LogP contribution is -2.34. The zero-order valence-corrected chi connectivity index (χ0v) is 17.6. The summed E-state index contributed by atoms with van der Waals surface area (Å²) < 4.78 is 8.81. The lowest BCUT2D eigenvalue weighted by atomic mass is 10.1. The monoisotopic (exact) mass is 419 g/mol. The van der Waals surface area contributed by atoms with Gasteiger partial charge in [0, 0.05) is 13.1 Å². The lowest BCUT2D eigenvalue weighted by Gasteiger charge is -2.26. The van der Waals surface area contributed by atoms with Gasteiger partial charge in [-0.3, -0.25) is 4.57 Å². The Hall–Kier alpha value is -3.33. The van der Waals surface area contributed by atoms with Crippen LogP contribution < -0.4 is 10.4 Å². The second-order valence-corrected chi connectivity index (χ2v) is 7.89. The van der Waals surface area contributed by atoms with Crippen LogP contribution in [0.1, 0.15) is 24.8 Å². The van der Waals surface area contributed by atoms with Gasteiger partial charge in [-0.25, -0.2) is 19.7 Å². The van der Waals surface area contributed by atoms with Crippen molar-refractivity contribution in [3.8, 4) is 17.3 Å². The standard InChI is InChI=1S/C22H25N7O2/c1-31-17-7-5-16(6-8-17)13-28-15-25-18-19-21(24-14-23-20(18)28)29(22(30)26-19)12-11-27-9-3-2-4-10-27/h5-8,14-15H,2-4,9-13H2,1H3. The molecule has 1 saturated heterocycles. The number of benzene rings is 1. The topological polar surface area (TPSA) is 91.0 Å². The predicted molar refractivity (Wildman–Crippen MR) is 116 cm³/mol. The number of methoxy groups -OCH3 is 1. The first-order valence-electron chi connectivity index (χ1n) is 10.6. The number of rotatable bonds is 6. The molecule has 9 heteroatoms. The molecule has 1 fully saturated rings. The van der Waals surface area contributed by atoms with E-state index in [1.54, 1.807) is 18.0 Å². The summed E-state index contributed by atoms with van der Waals surface area (Å²) in [4.78, 5) is 32.8. The van der Waals surface area contributed by atoms with E-state index < -0.39 is 0 Å². The van der Waals surface area contributed by atoms with Crippen molar-refractivity contribution in [2.24, 2.45) is 0 Å². The van der Waals surface area contributed by atoms with Crippen molar-refractivity contribution in [2.75, 3.05) is 26.7 Å². The number of hydrogen-bond acceptors (Lipinski definition) is 7. The summed E-state index contributed by atoms with van der Waals surface area (Å²) >= 11 is 0. The highest BCUT2D eigenvalue weighted by Crippen LogP contribution is 2.23. The summed E-state index contributed by atoms with van der Waals surface area (Å²) in [5, 5.41) is 0. The van der Waals surface area contributed by atoms with E-state index >= 15 is 0 Å². The van der Waals surface area contributed by atoms with E-state index in [0.29, 0.717) is 35.8 Å². The number of hydrogen-bond donors (Lipinski definition) is 0. The Morgan fingerprint density at radius 3 is 2.58 bits per heavy atom. The minimum absolute atomic E-state index is 0.281. The van der Waals surface area contributed by atoms with Gasteiger partial charge in [-0.05, 0) is 43.6 Å². The maximum atomic E-state index is 12.6. The van der Waals surface area contributed by atoms with Gasteiger partial charge in [-0.1, -0.05) is 18.6 Å². The molecule has 160 valence electrons. The molecular formula is C22H25N7O2. The van der Waals surface area contributed by atoms with Crippen molar-refractivity contribution in [3.05, 3.63) is 53.0 Å². The fourth-order valence-electron chi connectivity index (χ4n) is 4.20. The number of imidazole rings is 2. The molecule has 0 spiro atoms. The molecule has 0 unspecified atom stereocenters. The van der Waals surface area contributed by atoms with Crippen LogP contribution in [0.3, 0.4) is 0 Å². The van der Waals surface area contributed by atoms with Crippen LogP contribution in [0.5, 0.6) is 5.75 Å². The summed E-state index contributed by atoms with van der Waals surface area (Å²) in [6, 6.07) is 7.86. The van der Waals surface area contributed by atoms with E-state index in [1.165, 1.54) is 25.6 Å². The van der Waals surface area contributed by atoms with Gasteiger partial charge >= 0.3 is 5.69 Å². The van der Waals surface area contributed by atoms with E-state index in [9.17, 15) is 4.79 Å². The van der Waals surface area contributed by atoms with Crippen LogP contribution in [-0.2, 0) is 13.1 Å². The van der Waals surface area contributed by atoms with Crippen LogP contribution in [0.15, 0.2) is 41.7 Å². The summed E-state index contributed by atoms with van der Waals surface area (Å²) in [7, 11) is 1.65. The van der Waals surface area contributed by atoms with Gasteiger partial charge in [0.05, 0.1) is 20.0 Å². The van der Waals surface area contributed by atoms with E-state index in [-0.39, 0.29) is 5.69 Å². The third-order valence-corrected chi connectivity index (χ3v) is 5.90. The van der Waals surface area contributed by atoms with Gasteiger partial charge in [0.25, 0.3) is 0 Å². The molecule has 0 aliphatic carbocycles. The molecule has 0 atom stereocenters. The van der Waals surface area contributed by atoms with Crippen LogP contribution in [-0.4, -0.2) is 60.7 Å². The Kier molecular flexibility index (Phi) is 5.33. The zero-order valence-electron chi connectivity index (χ0n) is 17.6. The first-order chi connectivity index (χ1) is 15.2. The number of likely N-dealkylation sites (tertiary alicyclic amines) is 1. The molecule has 1 aromatic heterocycles. The van der Waals surface area contributed by atoms with Gasteiger partial charge in [0.15, 0.2) is 11.5 Å². The van der Waals surface area contributed by atoms with E-state index in [0.717, 1.165) is 30.9 Å². The Balaban J connectivity index is 1.44. The largest absolute Gasteiger partial charge is 0.497 e. The molecule has 0 amide bonds. The molecule has 3 aliphatic rings. The van der Waals surface area contributed by atoms with Gasteiger partial charge in [0.2, 0.25) is 0 Å². The fourth-order valence-corrected chi connectivity index (χ4v) is 4.20. The molecule has 9 nitrogen and oxygen atoms in total. The molecule has 5 rings (SSSR count). The average Bonchev–Trinajstić information content (AvgIpc) is 3.28. The average molecular weight is 419 g/mol. The molecule has 1 aromatic carbocycles. The normalized spacial score (nSPS) is 15.0. The number of fused-ring (bicyclic) bond motifs is 3. The Bertz CT molecular complexity index is 1210. The summed E-state index contributed by atoms with van der Waals surface area (Å²) in [6.45, 7) is 4.16. The smallest absolute Gasteiger partial charge is 0.350 e. The molecule has 0 bridgehead atoms. The highest BCUT2D eigenvalue weighted by atomic mass is 16.5. The SMILES string of the molecule is COc1ccc(Cn2cnc3c4nc(=O)n(CCN5CCCCC5)c-4ncnc32)cc1. The fraction of sp³-hybridized carbons (Fsp3) is 0.409. The molecular weight excluding hydrogens is 394 g/mol. The Morgan fingerprint density at radius 2 is 1.81 bits per heavy atom. The van der Waals surface area contributed by atoms with Crippen molar-refractivity contribution < 1.29 is 4.74 Å². The minimum Gasteiger partial charge on any atom is -0.497 e. The van der Waals surface area contributed by atoms with Crippen molar-refractivity contribution in [1.82, 2.24) is 34.0 Å². The molecule has 2 aromatic rings. The number of nitrogens with zero attached hydrogens (tertiary/aromatic N) is 7. The maximum absolute atomic E-state index is 12.6. The number of aromatic nitrogens is 6. The summed E-state index contributed by atoms with van der Waals surface area (Å²) in [6.07, 6.45) is 6.96. The van der Waals surface area contributed by atoms with Crippen molar-refractivity contribution >= 4 is 11.2 Å². The van der Waals surface area contributed by atoms with Crippen LogP contribution in [0.4, 0.5) is 0 Å². The zero-order chi connectivity index (χ0) is 21.2. The molecule has 3 aliphatic heterocycles. The second kappa shape index (κ2) is 8.43. The third-order valence-electron chi connectivity index (χ3n) is 5.90. The Labute approximate surface area is 179 Å². The number of piperidine rings is 1. The highest BCUT2D eigenvalue weighted by molar-refractivity contribution is 5.85. The minimum atomic E-state index is -0.281. The first kappa shape index (κ1) is 19.6. The lowest BCUT2D eigenvalue weighted by molar-refractivity contribution is 0.220. The Morgan fingerprint density at radius 1 is 1.00 bits per heavy atom. The molecule has 4 heterocycles. The van der Waals surface area contributed by atoms with Crippen LogP contribution in [0.25, 0.3) is 22.7 Å². The molecule has 31 heavy (non-hydrogen) atoms. The van der Waals surface area contributed by atoms with Gasteiger partial charge in [0.1, 0.15) is 23.3 Å². The third kappa shape index (κ3) is 3.88. The first-order valence-corrected chi connectivity index (χ1v) is 10.6. The molecule has 0 N–H and O–H groups in total. The quantitative estimate of drug-likeness (QED) is 0.472. The van der Waals surface area contributed by atoms with E-state index in [4.69, 9.17) is 4.74 Å². The molecule has 0 saturated carbocycles. The van der Waals surface area contributed by atoms with Crippen LogP contribution >= 0.6 is 0 Å². The summed E-state index contributed by atoms with van der Waals surface area (Å²) in [5.41, 5.74) is 2.56. The molecule has 0 radical (unpaired) electrons. The van der Waals surface area contributed by atoms with E-state index in [1.807, 2.05) is 28.8 Å². The number of ether oxygens (including phenoxy) is 1. The second-order valence-electron chi connectivity index (χ2n) is 7.89. The highest BCUT2D eigenvalue weighted by Gasteiger charge is 2.21. The van der Waals surface area contributed by atoms with Crippen molar-refractivity contribution in [2.45, 2.75) is 32.4 Å². The maximum Gasteiger partial charge on any atom is 0.350 e.